The molecule has 0 saturated heterocycles. The lowest BCUT2D eigenvalue weighted by molar-refractivity contribution is -0.0263. The molecule has 2 rings (SSSR count). The molecule has 0 aliphatic heterocycles. The quantitative estimate of drug-likeness (QED) is 0.710. The number of halogens is 2. The lowest BCUT2D eigenvalue weighted by Crippen LogP contribution is -2.33. The van der Waals surface area contributed by atoms with Crippen LogP contribution < -0.4 is 0 Å². The summed E-state index contributed by atoms with van der Waals surface area (Å²) >= 11 is 3.73. The van der Waals surface area contributed by atoms with Crippen LogP contribution in [0, 0.1) is 11.7 Å². The monoisotopic (exact) mass is 314 g/mol. The van der Waals surface area contributed by atoms with E-state index in [1.54, 1.807) is 0 Å². The van der Waals surface area contributed by atoms with Crippen molar-refractivity contribution in [2.75, 3.05) is 6.61 Å². The molecular weight excluding hydrogens is 295 g/mol. The topological polar surface area (TPSA) is 9.23 Å². The highest BCUT2D eigenvalue weighted by Gasteiger charge is 2.30. The van der Waals surface area contributed by atoms with Gasteiger partial charge in [-0.1, -0.05) is 28.1 Å². The van der Waals surface area contributed by atoms with Crippen LogP contribution >= 0.6 is 15.9 Å². The summed E-state index contributed by atoms with van der Waals surface area (Å²) in [5.74, 6) is 0.620. The van der Waals surface area contributed by atoms with Gasteiger partial charge in [0.25, 0.3) is 0 Å². The maximum absolute atomic E-state index is 12.8. The third kappa shape index (κ3) is 4.06. The van der Waals surface area contributed by atoms with Crippen LogP contribution in [-0.4, -0.2) is 17.5 Å². The van der Waals surface area contributed by atoms with Crippen LogP contribution in [-0.2, 0) is 11.2 Å². The molecule has 18 heavy (non-hydrogen) atoms. The Hall–Kier alpha value is -0.410. The lowest BCUT2D eigenvalue weighted by Gasteiger charge is -2.36. The van der Waals surface area contributed by atoms with E-state index < -0.39 is 0 Å². The Morgan fingerprint density at radius 1 is 1.33 bits per heavy atom. The molecule has 1 aliphatic carbocycles. The smallest absolute Gasteiger partial charge is 0.123 e. The van der Waals surface area contributed by atoms with Gasteiger partial charge in [0.2, 0.25) is 0 Å². The summed E-state index contributed by atoms with van der Waals surface area (Å²) in [6, 6.07) is 6.80. The van der Waals surface area contributed by atoms with Crippen LogP contribution in [0.25, 0.3) is 0 Å². The van der Waals surface area contributed by atoms with Crippen LogP contribution in [0.15, 0.2) is 24.3 Å². The van der Waals surface area contributed by atoms with Crippen molar-refractivity contribution >= 4 is 15.9 Å². The second-order valence-corrected chi connectivity index (χ2v) is 6.37. The Morgan fingerprint density at radius 3 is 2.61 bits per heavy atom. The molecule has 0 radical (unpaired) electrons. The molecule has 1 unspecified atom stereocenters. The van der Waals surface area contributed by atoms with Gasteiger partial charge < -0.3 is 4.74 Å². The summed E-state index contributed by atoms with van der Waals surface area (Å²) in [7, 11) is 0. The molecule has 1 aromatic rings. The molecule has 3 heteroatoms. The first kappa shape index (κ1) is 14.0. The number of alkyl halides is 1. The van der Waals surface area contributed by atoms with Crippen molar-refractivity contribution in [1.82, 2.24) is 0 Å². The third-order valence-electron chi connectivity index (χ3n) is 3.55. The molecule has 1 fully saturated rings. The number of ether oxygens (including phenoxy) is 1. The highest BCUT2D eigenvalue weighted by molar-refractivity contribution is 9.09. The fourth-order valence-electron chi connectivity index (χ4n) is 2.56. The SMILES string of the molecule is CCOC1CC(CC(Br)Cc2ccc(F)cc2)C1. The second-order valence-electron chi connectivity index (χ2n) is 5.08. The maximum atomic E-state index is 12.8. The molecule has 0 aromatic heterocycles. The minimum atomic E-state index is -0.163. The van der Waals surface area contributed by atoms with Gasteiger partial charge in [0, 0.05) is 11.4 Å². The van der Waals surface area contributed by atoms with Crippen molar-refractivity contribution in [2.45, 2.75) is 43.5 Å². The Bertz CT molecular complexity index is 359. The standard InChI is InChI=1S/C15H20BrFO/c1-2-18-15-9-12(10-15)8-13(16)7-11-3-5-14(17)6-4-11/h3-6,12-13,15H,2,7-10H2,1H3. The second kappa shape index (κ2) is 6.67. The van der Waals surface area contributed by atoms with Crippen molar-refractivity contribution in [3.05, 3.63) is 35.6 Å². The summed E-state index contributed by atoms with van der Waals surface area (Å²) < 4.78 is 18.4. The zero-order chi connectivity index (χ0) is 13.0. The number of benzene rings is 1. The first-order valence-corrected chi connectivity index (χ1v) is 7.59. The van der Waals surface area contributed by atoms with Gasteiger partial charge >= 0.3 is 0 Å². The lowest BCUT2D eigenvalue weighted by atomic mass is 9.79. The van der Waals surface area contributed by atoms with Gasteiger partial charge in [-0.2, -0.15) is 0 Å². The van der Waals surface area contributed by atoms with E-state index in [-0.39, 0.29) is 5.82 Å². The Morgan fingerprint density at radius 2 is 2.00 bits per heavy atom. The van der Waals surface area contributed by atoms with Crippen molar-refractivity contribution < 1.29 is 9.13 Å². The molecule has 0 amide bonds. The average molecular weight is 315 g/mol. The number of rotatable bonds is 6. The summed E-state index contributed by atoms with van der Waals surface area (Å²) in [5, 5.41) is 0. The Kier molecular flexibility index (Phi) is 5.19. The predicted octanol–water partition coefficient (Wildman–Crippen LogP) is 4.34. The van der Waals surface area contributed by atoms with Crippen molar-refractivity contribution in [1.29, 1.82) is 0 Å². The normalized spacial score (nSPS) is 24.6. The van der Waals surface area contributed by atoms with E-state index in [4.69, 9.17) is 4.74 Å². The van der Waals surface area contributed by atoms with E-state index in [0.29, 0.717) is 10.9 Å². The van der Waals surface area contributed by atoms with Gasteiger partial charge in [-0.05, 0) is 56.2 Å². The first-order chi connectivity index (χ1) is 8.67. The van der Waals surface area contributed by atoms with Gasteiger partial charge in [0.1, 0.15) is 5.82 Å². The van der Waals surface area contributed by atoms with Gasteiger partial charge in [-0.25, -0.2) is 4.39 Å². The summed E-state index contributed by atoms with van der Waals surface area (Å²) in [6.07, 6.45) is 5.03. The molecule has 1 nitrogen and oxygen atoms in total. The molecule has 0 bridgehead atoms. The van der Waals surface area contributed by atoms with E-state index in [9.17, 15) is 4.39 Å². The van der Waals surface area contributed by atoms with Crippen molar-refractivity contribution in [3.63, 3.8) is 0 Å². The summed E-state index contributed by atoms with van der Waals surface area (Å²) in [6.45, 7) is 2.87. The first-order valence-electron chi connectivity index (χ1n) is 6.67. The fourth-order valence-corrected chi connectivity index (χ4v) is 3.46. The molecule has 100 valence electrons. The van der Waals surface area contributed by atoms with E-state index in [1.165, 1.54) is 37.0 Å². The van der Waals surface area contributed by atoms with E-state index >= 15 is 0 Å². The van der Waals surface area contributed by atoms with Crippen LogP contribution in [0.4, 0.5) is 4.39 Å². The Balaban J connectivity index is 1.70. The molecule has 1 saturated carbocycles. The average Bonchev–Trinajstić information content (AvgIpc) is 2.29. The number of hydrogen-bond donors (Lipinski definition) is 0. The summed E-state index contributed by atoms with van der Waals surface area (Å²) in [4.78, 5) is 0.482. The highest BCUT2D eigenvalue weighted by atomic mass is 79.9. The van der Waals surface area contributed by atoms with Crippen molar-refractivity contribution in [2.24, 2.45) is 5.92 Å². The Labute approximate surface area is 117 Å². The molecule has 1 atom stereocenters. The van der Waals surface area contributed by atoms with Gasteiger partial charge in [0.05, 0.1) is 6.10 Å². The minimum Gasteiger partial charge on any atom is -0.378 e. The zero-order valence-corrected chi connectivity index (χ0v) is 12.3. The van der Waals surface area contributed by atoms with E-state index in [1.807, 2.05) is 12.1 Å². The summed E-state index contributed by atoms with van der Waals surface area (Å²) in [5.41, 5.74) is 1.19. The van der Waals surface area contributed by atoms with Crippen LogP contribution in [0.1, 0.15) is 31.7 Å². The molecule has 1 aromatic carbocycles. The van der Waals surface area contributed by atoms with Gasteiger partial charge in [-0.3, -0.25) is 0 Å². The molecular formula is C15H20BrFO. The third-order valence-corrected chi connectivity index (χ3v) is 4.25. The van der Waals surface area contributed by atoms with E-state index in [2.05, 4.69) is 22.9 Å². The molecule has 1 aliphatic rings. The van der Waals surface area contributed by atoms with Gasteiger partial charge in [0.15, 0.2) is 0 Å². The van der Waals surface area contributed by atoms with Gasteiger partial charge in [-0.15, -0.1) is 0 Å². The van der Waals surface area contributed by atoms with Crippen LogP contribution in [0.5, 0.6) is 0 Å². The number of hydrogen-bond acceptors (Lipinski definition) is 1. The zero-order valence-electron chi connectivity index (χ0n) is 10.7. The molecule has 0 heterocycles. The van der Waals surface area contributed by atoms with Crippen LogP contribution in [0.3, 0.4) is 0 Å². The largest absolute Gasteiger partial charge is 0.378 e. The minimum absolute atomic E-state index is 0.163. The van der Waals surface area contributed by atoms with E-state index in [0.717, 1.165) is 18.9 Å². The van der Waals surface area contributed by atoms with Crippen LogP contribution in [0.2, 0.25) is 0 Å². The maximum Gasteiger partial charge on any atom is 0.123 e. The van der Waals surface area contributed by atoms with Crippen molar-refractivity contribution in [3.8, 4) is 0 Å². The molecule has 0 spiro atoms. The highest BCUT2D eigenvalue weighted by Crippen LogP contribution is 2.35. The predicted molar refractivity (Wildman–Crippen MR) is 75.6 cm³/mol. The fraction of sp³-hybridized carbons (Fsp3) is 0.600. The molecule has 0 N–H and O–H groups in total.